The number of amides is 1. The number of aryl methyl sites for hydroxylation is 1. The van der Waals surface area contributed by atoms with E-state index in [1.165, 1.54) is 0 Å². The summed E-state index contributed by atoms with van der Waals surface area (Å²) in [6.07, 6.45) is 4.21. The molecular weight excluding hydrogens is 374 g/mol. The van der Waals surface area contributed by atoms with Crippen LogP contribution < -0.4 is 15.5 Å². The van der Waals surface area contributed by atoms with E-state index in [4.69, 9.17) is 11.6 Å². The van der Waals surface area contributed by atoms with Crippen molar-refractivity contribution in [1.82, 2.24) is 15.3 Å². The zero-order chi connectivity index (χ0) is 20.1. The maximum atomic E-state index is 12.3. The molecule has 150 valence electrons. The van der Waals surface area contributed by atoms with Crippen LogP contribution in [0.3, 0.4) is 0 Å². The van der Waals surface area contributed by atoms with Gasteiger partial charge < -0.3 is 15.5 Å². The first-order chi connectivity index (χ1) is 13.4. The molecule has 1 aliphatic carbocycles. The molecule has 0 bridgehead atoms. The predicted octanol–water partition coefficient (Wildman–Crippen LogP) is 3.91. The largest absolute Gasteiger partial charge is 0.363 e. The number of anilines is 2. The van der Waals surface area contributed by atoms with Gasteiger partial charge in [-0.05, 0) is 50.7 Å². The standard InChI is InChI=1S/C21H28ClN5O/c1-14-12-19(27(2)3)26-21(24-14)25-16-10-8-15(9-11-16)13-23-20(28)17-6-4-5-7-18(17)22/h4-7,12,15-16H,8-11,13H2,1-3H3,(H,23,28)(H,24,25,26)/t15-,16+. The van der Waals surface area contributed by atoms with Gasteiger partial charge in [-0.3, -0.25) is 4.79 Å². The predicted molar refractivity (Wildman–Crippen MR) is 114 cm³/mol. The van der Waals surface area contributed by atoms with Crippen molar-refractivity contribution in [2.45, 2.75) is 38.6 Å². The second-order valence-corrected chi connectivity index (χ2v) is 8.04. The van der Waals surface area contributed by atoms with Crippen LogP contribution in [0.1, 0.15) is 41.7 Å². The zero-order valence-corrected chi connectivity index (χ0v) is 17.5. The third-order valence-corrected chi connectivity index (χ3v) is 5.48. The van der Waals surface area contributed by atoms with Gasteiger partial charge in [0.05, 0.1) is 10.6 Å². The number of nitrogens with one attached hydrogen (secondary N) is 2. The molecule has 0 unspecified atom stereocenters. The van der Waals surface area contributed by atoms with Crippen molar-refractivity contribution in [3.8, 4) is 0 Å². The molecule has 0 spiro atoms. The van der Waals surface area contributed by atoms with Gasteiger partial charge in [0.15, 0.2) is 0 Å². The Morgan fingerprint density at radius 3 is 2.57 bits per heavy atom. The summed E-state index contributed by atoms with van der Waals surface area (Å²) in [6, 6.07) is 9.49. The van der Waals surface area contributed by atoms with Crippen LogP contribution in [0.15, 0.2) is 30.3 Å². The van der Waals surface area contributed by atoms with Gasteiger partial charge in [-0.1, -0.05) is 23.7 Å². The van der Waals surface area contributed by atoms with Gasteiger partial charge in [-0.2, -0.15) is 4.98 Å². The fraction of sp³-hybridized carbons (Fsp3) is 0.476. The molecule has 0 saturated heterocycles. The van der Waals surface area contributed by atoms with E-state index in [0.29, 0.717) is 35.0 Å². The first-order valence-electron chi connectivity index (χ1n) is 9.74. The number of halogens is 1. The Labute approximate surface area is 171 Å². The van der Waals surface area contributed by atoms with Crippen LogP contribution in [0.2, 0.25) is 5.02 Å². The van der Waals surface area contributed by atoms with Gasteiger partial charge in [0.1, 0.15) is 5.82 Å². The summed E-state index contributed by atoms with van der Waals surface area (Å²) in [6.45, 7) is 2.67. The normalized spacial score (nSPS) is 19.1. The van der Waals surface area contributed by atoms with Gasteiger partial charge in [-0.15, -0.1) is 0 Å². The summed E-state index contributed by atoms with van der Waals surface area (Å²) >= 11 is 6.09. The van der Waals surface area contributed by atoms with E-state index in [0.717, 1.165) is 37.2 Å². The lowest BCUT2D eigenvalue weighted by Crippen LogP contribution is -2.34. The Bertz CT molecular complexity index is 818. The third-order valence-electron chi connectivity index (χ3n) is 5.15. The van der Waals surface area contributed by atoms with Crippen LogP contribution in [-0.4, -0.2) is 42.6 Å². The highest BCUT2D eigenvalue weighted by Crippen LogP contribution is 2.26. The number of nitrogens with zero attached hydrogens (tertiary/aromatic N) is 3. The minimum absolute atomic E-state index is 0.102. The molecule has 0 atom stereocenters. The maximum absolute atomic E-state index is 12.3. The molecule has 3 rings (SSSR count). The summed E-state index contributed by atoms with van der Waals surface area (Å²) in [7, 11) is 3.96. The molecule has 7 heteroatoms. The summed E-state index contributed by atoms with van der Waals surface area (Å²) in [5, 5.41) is 7.00. The average molecular weight is 402 g/mol. The van der Waals surface area contributed by atoms with Crippen molar-refractivity contribution in [3.05, 3.63) is 46.6 Å². The van der Waals surface area contributed by atoms with Crippen LogP contribution in [0, 0.1) is 12.8 Å². The summed E-state index contributed by atoms with van der Waals surface area (Å²) in [5.41, 5.74) is 1.49. The molecule has 28 heavy (non-hydrogen) atoms. The molecule has 1 aromatic heterocycles. The van der Waals surface area contributed by atoms with E-state index in [1.807, 2.05) is 44.1 Å². The van der Waals surface area contributed by atoms with E-state index in [-0.39, 0.29) is 5.91 Å². The Kier molecular flexibility index (Phi) is 6.73. The molecule has 0 radical (unpaired) electrons. The SMILES string of the molecule is Cc1cc(N(C)C)nc(N[C@H]2CC[C@@H](CNC(=O)c3ccccc3Cl)CC2)n1. The van der Waals surface area contributed by atoms with Crippen LogP contribution in [0.4, 0.5) is 11.8 Å². The van der Waals surface area contributed by atoms with Crippen molar-refractivity contribution in [1.29, 1.82) is 0 Å². The fourth-order valence-electron chi connectivity index (χ4n) is 3.52. The zero-order valence-electron chi connectivity index (χ0n) is 16.7. The van der Waals surface area contributed by atoms with Crippen LogP contribution in [0.5, 0.6) is 0 Å². The van der Waals surface area contributed by atoms with Crippen LogP contribution in [-0.2, 0) is 0 Å². The Hall–Kier alpha value is -2.34. The number of carbonyl (C=O) groups excluding carboxylic acids is 1. The Morgan fingerprint density at radius 2 is 1.89 bits per heavy atom. The summed E-state index contributed by atoms with van der Waals surface area (Å²) in [5.74, 6) is 1.99. The molecule has 1 heterocycles. The van der Waals surface area contributed by atoms with Gasteiger partial charge in [-0.25, -0.2) is 4.98 Å². The monoisotopic (exact) mass is 401 g/mol. The summed E-state index contributed by atoms with van der Waals surface area (Å²) in [4.78, 5) is 23.4. The van der Waals surface area contributed by atoms with Crippen molar-refractivity contribution in [2.24, 2.45) is 5.92 Å². The van der Waals surface area contributed by atoms with E-state index in [2.05, 4.69) is 20.6 Å². The highest BCUT2D eigenvalue weighted by molar-refractivity contribution is 6.33. The number of aromatic nitrogens is 2. The Balaban J connectivity index is 1.47. The first kappa shape index (κ1) is 20.4. The van der Waals surface area contributed by atoms with Gasteiger partial charge in [0, 0.05) is 38.4 Å². The molecule has 1 aliphatic rings. The lowest BCUT2D eigenvalue weighted by molar-refractivity contribution is 0.0943. The third kappa shape index (κ3) is 5.35. The second kappa shape index (κ2) is 9.24. The highest BCUT2D eigenvalue weighted by Gasteiger charge is 2.23. The van der Waals surface area contributed by atoms with Gasteiger partial charge in [0.25, 0.3) is 5.91 Å². The molecule has 1 fully saturated rings. The first-order valence-corrected chi connectivity index (χ1v) is 10.1. The molecule has 0 aliphatic heterocycles. The van der Waals surface area contributed by atoms with Gasteiger partial charge >= 0.3 is 0 Å². The molecule has 1 aromatic carbocycles. The minimum Gasteiger partial charge on any atom is -0.363 e. The summed E-state index contributed by atoms with van der Waals surface area (Å²) < 4.78 is 0. The van der Waals surface area contributed by atoms with E-state index < -0.39 is 0 Å². The molecule has 6 nitrogen and oxygen atoms in total. The number of rotatable bonds is 6. The number of carbonyl (C=O) groups is 1. The van der Waals surface area contributed by atoms with Crippen molar-refractivity contribution in [3.63, 3.8) is 0 Å². The number of hydrogen-bond donors (Lipinski definition) is 2. The lowest BCUT2D eigenvalue weighted by Gasteiger charge is -2.29. The second-order valence-electron chi connectivity index (χ2n) is 7.64. The van der Waals surface area contributed by atoms with Gasteiger partial charge in [0.2, 0.25) is 5.95 Å². The van der Waals surface area contributed by atoms with Crippen LogP contribution >= 0.6 is 11.6 Å². The topological polar surface area (TPSA) is 70.2 Å². The number of benzene rings is 1. The smallest absolute Gasteiger partial charge is 0.252 e. The lowest BCUT2D eigenvalue weighted by atomic mass is 9.86. The molecule has 1 saturated carbocycles. The highest BCUT2D eigenvalue weighted by atomic mass is 35.5. The van der Waals surface area contributed by atoms with Crippen molar-refractivity contribution in [2.75, 3.05) is 30.9 Å². The van der Waals surface area contributed by atoms with E-state index >= 15 is 0 Å². The molecule has 2 N–H and O–H groups in total. The van der Waals surface area contributed by atoms with Crippen molar-refractivity contribution >= 4 is 29.3 Å². The van der Waals surface area contributed by atoms with Crippen LogP contribution in [0.25, 0.3) is 0 Å². The molecule has 2 aromatic rings. The van der Waals surface area contributed by atoms with E-state index in [1.54, 1.807) is 12.1 Å². The minimum atomic E-state index is -0.102. The number of hydrogen-bond acceptors (Lipinski definition) is 5. The average Bonchev–Trinajstić information content (AvgIpc) is 2.67. The molecule has 1 amide bonds. The maximum Gasteiger partial charge on any atom is 0.252 e. The Morgan fingerprint density at radius 1 is 1.18 bits per heavy atom. The quantitative estimate of drug-likeness (QED) is 0.768. The van der Waals surface area contributed by atoms with E-state index in [9.17, 15) is 4.79 Å². The van der Waals surface area contributed by atoms with Crippen molar-refractivity contribution < 1.29 is 4.79 Å². The fourth-order valence-corrected chi connectivity index (χ4v) is 3.74. The molecular formula is C21H28ClN5O.